The highest BCUT2D eigenvalue weighted by atomic mass is 35.5. The van der Waals surface area contributed by atoms with Crippen LogP contribution >= 0.6 is 22.9 Å². The molecule has 134 valence electrons. The Bertz CT molecular complexity index is 846. The SMILES string of the molecule is O=S(=O)(Nc1cscn1)c1ccc(OC2C[C@@H]3CC[C@@H](C2)N3)c(Cl)c1. The van der Waals surface area contributed by atoms with Crippen molar-refractivity contribution in [2.75, 3.05) is 4.72 Å². The van der Waals surface area contributed by atoms with Crippen molar-refractivity contribution < 1.29 is 13.2 Å². The first-order chi connectivity index (χ1) is 12.0. The number of hydrogen-bond donors (Lipinski definition) is 2. The third kappa shape index (κ3) is 3.76. The van der Waals surface area contributed by atoms with Crippen LogP contribution in [-0.4, -0.2) is 31.6 Å². The molecule has 2 aliphatic heterocycles. The van der Waals surface area contributed by atoms with Gasteiger partial charge in [-0.2, -0.15) is 0 Å². The highest BCUT2D eigenvalue weighted by Gasteiger charge is 2.34. The molecule has 2 bridgehead atoms. The van der Waals surface area contributed by atoms with Crippen LogP contribution in [-0.2, 0) is 10.0 Å². The summed E-state index contributed by atoms with van der Waals surface area (Å²) in [5.41, 5.74) is 1.56. The molecule has 1 aromatic heterocycles. The number of ether oxygens (including phenoxy) is 1. The molecule has 25 heavy (non-hydrogen) atoms. The van der Waals surface area contributed by atoms with E-state index in [0.29, 0.717) is 28.7 Å². The molecule has 0 amide bonds. The molecule has 2 saturated heterocycles. The van der Waals surface area contributed by atoms with E-state index in [2.05, 4.69) is 15.0 Å². The number of nitrogens with zero attached hydrogens (tertiary/aromatic N) is 1. The average molecular weight is 400 g/mol. The summed E-state index contributed by atoms with van der Waals surface area (Å²) < 4.78 is 33.3. The molecule has 6 nitrogen and oxygen atoms in total. The van der Waals surface area contributed by atoms with Crippen molar-refractivity contribution in [3.63, 3.8) is 0 Å². The Balaban J connectivity index is 1.49. The van der Waals surface area contributed by atoms with Gasteiger partial charge in [-0.15, -0.1) is 11.3 Å². The minimum atomic E-state index is -3.72. The number of aromatic nitrogens is 1. The Kier molecular flexibility index (Phi) is 4.61. The van der Waals surface area contributed by atoms with Crippen molar-refractivity contribution in [2.45, 2.75) is 48.8 Å². The van der Waals surface area contributed by atoms with Gasteiger partial charge < -0.3 is 10.1 Å². The van der Waals surface area contributed by atoms with Crippen LogP contribution in [0.15, 0.2) is 34.0 Å². The van der Waals surface area contributed by atoms with Crippen LogP contribution in [0.1, 0.15) is 25.7 Å². The molecular formula is C16H18ClN3O3S2. The van der Waals surface area contributed by atoms with Gasteiger partial charge in [-0.05, 0) is 43.9 Å². The Hall–Kier alpha value is -1.35. The predicted molar refractivity (Wildman–Crippen MR) is 98.0 cm³/mol. The molecule has 2 atom stereocenters. The molecule has 3 heterocycles. The second-order valence-corrected chi connectivity index (χ2v) is 9.23. The van der Waals surface area contributed by atoms with Gasteiger partial charge in [0.1, 0.15) is 11.9 Å². The van der Waals surface area contributed by atoms with E-state index >= 15 is 0 Å². The zero-order valence-electron chi connectivity index (χ0n) is 13.3. The van der Waals surface area contributed by atoms with E-state index < -0.39 is 10.0 Å². The number of thiazole rings is 1. The second-order valence-electron chi connectivity index (χ2n) is 6.42. The topological polar surface area (TPSA) is 80.3 Å². The van der Waals surface area contributed by atoms with Crippen LogP contribution in [0.2, 0.25) is 5.02 Å². The Labute approximate surface area is 155 Å². The lowest BCUT2D eigenvalue weighted by Crippen LogP contribution is -2.42. The van der Waals surface area contributed by atoms with E-state index in [9.17, 15) is 8.42 Å². The third-order valence-electron chi connectivity index (χ3n) is 4.61. The normalized spacial score (nSPS) is 25.7. The fourth-order valence-electron chi connectivity index (χ4n) is 3.48. The van der Waals surface area contributed by atoms with Gasteiger partial charge in [-0.1, -0.05) is 11.6 Å². The van der Waals surface area contributed by atoms with Gasteiger partial charge in [-0.25, -0.2) is 13.4 Å². The smallest absolute Gasteiger partial charge is 0.263 e. The van der Waals surface area contributed by atoms with Crippen LogP contribution in [0.3, 0.4) is 0 Å². The first-order valence-electron chi connectivity index (χ1n) is 8.13. The first kappa shape index (κ1) is 17.1. The fraction of sp³-hybridized carbons (Fsp3) is 0.438. The van der Waals surface area contributed by atoms with Crippen molar-refractivity contribution in [2.24, 2.45) is 0 Å². The summed E-state index contributed by atoms with van der Waals surface area (Å²) >= 11 is 7.60. The van der Waals surface area contributed by atoms with Crippen LogP contribution < -0.4 is 14.8 Å². The van der Waals surface area contributed by atoms with Gasteiger partial charge in [0.25, 0.3) is 10.0 Å². The summed E-state index contributed by atoms with van der Waals surface area (Å²) in [4.78, 5) is 4.02. The van der Waals surface area contributed by atoms with E-state index in [1.165, 1.54) is 36.3 Å². The second kappa shape index (κ2) is 6.75. The summed E-state index contributed by atoms with van der Waals surface area (Å²) in [7, 11) is -3.72. The summed E-state index contributed by atoms with van der Waals surface area (Å²) in [6.07, 6.45) is 4.42. The summed E-state index contributed by atoms with van der Waals surface area (Å²) in [6.45, 7) is 0. The van der Waals surface area contributed by atoms with Crippen LogP contribution in [0.4, 0.5) is 5.82 Å². The van der Waals surface area contributed by atoms with Gasteiger partial charge in [0, 0.05) is 17.5 Å². The molecule has 2 aliphatic rings. The van der Waals surface area contributed by atoms with E-state index in [1.54, 1.807) is 17.0 Å². The van der Waals surface area contributed by atoms with Gasteiger partial charge in [0.15, 0.2) is 5.82 Å². The number of sulfonamides is 1. The zero-order chi connectivity index (χ0) is 17.4. The number of rotatable bonds is 5. The number of fused-ring (bicyclic) bond motifs is 2. The third-order valence-corrected chi connectivity index (χ3v) is 6.84. The maximum atomic E-state index is 12.4. The molecular weight excluding hydrogens is 382 g/mol. The van der Waals surface area contributed by atoms with Gasteiger partial charge in [0.05, 0.1) is 15.4 Å². The maximum Gasteiger partial charge on any atom is 0.263 e. The van der Waals surface area contributed by atoms with Crippen molar-refractivity contribution in [1.29, 1.82) is 0 Å². The highest BCUT2D eigenvalue weighted by Crippen LogP contribution is 2.33. The van der Waals surface area contributed by atoms with Crippen LogP contribution in [0.25, 0.3) is 0 Å². The molecule has 0 aliphatic carbocycles. The first-order valence-corrected chi connectivity index (χ1v) is 10.9. The molecule has 0 spiro atoms. The van der Waals surface area contributed by atoms with Gasteiger partial charge >= 0.3 is 0 Å². The predicted octanol–water partition coefficient (Wildman–Crippen LogP) is 3.26. The Morgan fingerprint density at radius 2 is 2.04 bits per heavy atom. The molecule has 1 aromatic carbocycles. The molecule has 4 rings (SSSR count). The van der Waals surface area contributed by atoms with Crippen LogP contribution in [0, 0.1) is 0 Å². The quantitative estimate of drug-likeness (QED) is 0.806. The number of hydrogen-bond acceptors (Lipinski definition) is 6. The monoisotopic (exact) mass is 399 g/mol. The highest BCUT2D eigenvalue weighted by molar-refractivity contribution is 7.92. The summed E-state index contributed by atoms with van der Waals surface area (Å²) in [5, 5.41) is 5.49. The van der Waals surface area contributed by atoms with Gasteiger partial charge in [0.2, 0.25) is 0 Å². The lowest BCUT2D eigenvalue weighted by Gasteiger charge is -2.29. The zero-order valence-corrected chi connectivity index (χ0v) is 15.7. The largest absolute Gasteiger partial charge is 0.489 e. The van der Waals surface area contributed by atoms with E-state index in [-0.39, 0.29) is 11.0 Å². The molecule has 0 radical (unpaired) electrons. The average Bonchev–Trinajstić information content (AvgIpc) is 3.18. The molecule has 0 unspecified atom stereocenters. The van der Waals surface area contributed by atoms with E-state index in [4.69, 9.17) is 16.3 Å². The molecule has 9 heteroatoms. The number of halogens is 1. The number of piperidine rings is 1. The molecule has 2 aromatic rings. The molecule has 2 fully saturated rings. The lowest BCUT2D eigenvalue weighted by atomic mass is 10.0. The number of nitrogens with one attached hydrogen (secondary N) is 2. The number of anilines is 1. The van der Waals surface area contributed by atoms with Crippen molar-refractivity contribution in [1.82, 2.24) is 10.3 Å². The number of benzene rings is 1. The van der Waals surface area contributed by atoms with E-state index in [1.807, 2.05) is 0 Å². The maximum absolute atomic E-state index is 12.4. The standard InChI is InChI=1S/C16H18ClN3O3S2/c17-14-7-13(25(21,22)20-16-8-24-9-18-16)3-4-15(14)23-12-5-10-1-2-11(6-12)19-10/h3-4,7-12,19-20H,1-2,5-6H2/t10-,11-/m0/s1. The Morgan fingerprint density at radius 1 is 1.28 bits per heavy atom. The van der Waals surface area contributed by atoms with Crippen molar-refractivity contribution >= 4 is 38.8 Å². The summed E-state index contributed by atoms with van der Waals surface area (Å²) in [6, 6.07) is 5.59. The fourth-order valence-corrected chi connectivity index (χ4v) is 5.36. The molecule has 2 N–H and O–H groups in total. The molecule has 0 saturated carbocycles. The van der Waals surface area contributed by atoms with E-state index in [0.717, 1.165) is 12.8 Å². The summed E-state index contributed by atoms with van der Waals surface area (Å²) in [5.74, 6) is 0.826. The minimum Gasteiger partial charge on any atom is -0.489 e. The van der Waals surface area contributed by atoms with Crippen molar-refractivity contribution in [3.05, 3.63) is 34.1 Å². The van der Waals surface area contributed by atoms with Gasteiger partial charge in [-0.3, -0.25) is 4.72 Å². The minimum absolute atomic E-state index is 0.0863. The van der Waals surface area contributed by atoms with Crippen LogP contribution in [0.5, 0.6) is 5.75 Å². The Morgan fingerprint density at radius 3 is 2.68 bits per heavy atom. The van der Waals surface area contributed by atoms with Crippen molar-refractivity contribution in [3.8, 4) is 5.75 Å². The lowest BCUT2D eigenvalue weighted by molar-refractivity contribution is 0.137.